The molecule has 0 radical (unpaired) electrons. The van der Waals surface area contributed by atoms with Crippen molar-refractivity contribution in [2.45, 2.75) is 13.0 Å². The summed E-state index contributed by atoms with van der Waals surface area (Å²) in [4.78, 5) is 0. The Bertz CT molecular complexity index is 513. The van der Waals surface area contributed by atoms with Gasteiger partial charge in [-0.25, -0.2) is 0 Å². The number of nitrogens with one attached hydrogen (secondary N) is 2. The number of aromatic nitrogens is 2. The van der Waals surface area contributed by atoms with E-state index in [0.717, 1.165) is 11.3 Å². The molecule has 0 spiro atoms. The number of ether oxygens (including phenoxy) is 1. The molecule has 5 nitrogen and oxygen atoms in total. The number of nitriles is 1. The van der Waals surface area contributed by atoms with Crippen molar-refractivity contribution in [1.82, 2.24) is 10.2 Å². The van der Waals surface area contributed by atoms with Crippen molar-refractivity contribution in [3.63, 3.8) is 0 Å². The molecule has 18 heavy (non-hydrogen) atoms. The minimum absolute atomic E-state index is 0.0716. The van der Waals surface area contributed by atoms with Gasteiger partial charge in [-0.3, -0.25) is 5.10 Å². The summed E-state index contributed by atoms with van der Waals surface area (Å²) >= 11 is 0. The van der Waals surface area contributed by atoms with Gasteiger partial charge in [-0.05, 0) is 24.6 Å². The van der Waals surface area contributed by atoms with Gasteiger partial charge < -0.3 is 10.1 Å². The lowest BCUT2D eigenvalue weighted by Crippen LogP contribution is -2.05. The second-order valence-electron chi connectivity index (χ2n) is 3.87. The van der Waals surface area contributed by atoms with E-state index in [1.807, 2.05) is 30.3 Å². The van der Waals surface area contributed by atoms with Gasteiger partial charge in [-0.1, -0.05) is 12.1 Å². The van der Waals surface area contributed by atoms with Crippen LogP contribution in [0.2, 0.25) is 0 Å². The van der Waals surface area contributed by atoms with E-state index in [1.165, 1.54) is 0 Å². The SMILES string of the molecule is CC(Nc1cn[nH]c1)c1ccc(OCC#N)cc1. The molecule has 0 amide bonds. The molecule has 0 bridgehead atoms. The molecule has 92 valence electrons. The molecule has 1 aromatic carbocycles. The van der Waals surface area contributed by atoms with E-state index in [2.05, 4.69) is 22.4 Å². The van der Waals surface area contributed by atoms with Gasteiger partial charge >= 0.3 is 0 Å². The Kier molecular flexibility index (Phi) is 3.82. The topological polar surface area (TPSA) is 73.7 Å². The molecule has 2 rings (SSSR count). The fraction of sp³-hybridized carbons (Fsp3) is 0.231. The van der Waals surface area contributed by atoms with E-state index < -0.39 is 0 Å². The van der Waals surface area contributed by atoms with Gasteiger partial charge in [0.15, 0.2) is 6.61 Å². The van der Waals surface area contributed by atoms with Gasteiger partial charge in [-0.15, -0.1) is 0 Å². The van der Waals surface area contributed by atoms with Crippen LogP contribution in [0, 0.1) is 11.3 Å². The standard InChI is InChI=1S/C13H14N4O/c1-10(17-12-8-15-16-9-12)11-2-4-13(5-3-11)18-7-6-14/h2-5,8-10,17H,7H2,1H3,(H,15,16). The largest absolute Gasteiger partial charge is 0.479 e. The van der Waals surface area contributed by atoms with Gasteiger partial charge in [0, 0.05) is 12.2 Å². The molecule has 1 heterocycles. The number of rotatable bonds is 5. The molecule has 0 saturated heterocycles. The number of anilines is 1. The fourth-order valence-electron chi connectivity index (χ4n) is 1.63. The summed E-state index contributed by atoms with van der Waals surface area (Å²) in [6, 6.07) is 9.79. The number of hydrogen-bond acceptors (Lipinski definition) is 4. The summed E-state index contributed by atoms with van der Waals surface area (Å²) in [7, 11) is 0. The average Bonchev–Trinajstić information content (AvgIpc) is 2.89. The molecule has 5 heteroatoms. The van der Waals surface area contributed by atoms with E-state index in [9.17, 15) is 0 Å². The number of benzene rings is 1. The van der Waals surface area contributed by atoms with E-state index in [4.69, 9.17) is 10.00 Å². The zero-order valence-corrected chi connectivity index (χ0v) is 10.1. The number of nitrogens with zero attached hydrogens (tertiary/aromatic N) is 2. The first-order valence-electron chi connectivity index (χ1n) is 5.64. The molecule has 0 saturated carbocycles. The fourth-order valence-corrected chi connectivity index (χ4v) is 1.63. The maximum absolute atomic E-state index is 8.42. The highest BCUT2D eigenvalue weighted by Gasteiger charge is 2.05. The molecular formula is C13H14N4O. The van der Waals surface area contributed by atoms with Crippen LogP contribution in [0.25, 0.3) is 0 Å². The molecule has 1 aromatic heterocycles. The second-order valence-corrected chi connectivity index (χ2v) is 3.87. The molecular weight excluding hydrogens is 228 g/mol. The van der Waals surface area contributed by atoms with Crippen molar-refractivity contribution >= 4 is 5.69 Å². The van der Waals surface area contributed by atoms with E-state index in [1.54, 1.807) is 12.4 Å². The second kappa shape index (κ2) is 5.73. The Morgan fingerprint density at radius 3 is 2.83 bits per heavy atom. The number of H-pyrrole nitrogens is 1. The lowest BCUT2D eigenvalue weighted by atomic mass is 10.1. The zero-order chi connectivity index (χ0) is 12.8. The number of aromatic amines is 1. The third kappa shape index (κ3) is 3.01. The zero-order valence-electron chi connectivity index (χ0n) is 10.1. The smallest absolute Gasteiger partial charge is 0.174 e. The average molecular weight is 242 g/mol. The van der Waals surface area contributed by atoms with Crippen LogP contribution in [0.5, 0.6) is 5.75 Å². The Morgan fingerprint density at radius 1 is 1.44 bits per heavy atom. The summed E-state index contributed by atoms with van der Waals surface area (Å²) in [6.07, 6.45) is 3.54. The maximum atomic E-state index is 8.42. The van der Waals surface area contributed by atoms with Crippen molar-refractivity contribution in [2.24, 2.45) is 0 Å². The summed E-state index contributed by atoms with van der Waals surface area (Å²) in [5, 5.41) is 18.4. The molecule has 1 atom stereocenters. The van der Waals surface area contributed by atoms with Crippen molar-refractivity contribution in [3.8, 4) is 11.8 Å². The molecule has 1 unspecified atom stereocenters. The molecule has 0 aliphatic carbocycles. The Balaban J connectivity index is 1.98. The normalized spacial score (nSPS) is 11.6. The lowest BCUT2D eigenvalue weighted by Gasteiger charge is -2.14. The predicted molar refractivity (Wildman–Crippen MR) is 68.2 cm³/mol. The van der Waals surface area contributed by atoms with Crippen LogP contribution in [0.4, 0.5) is 5.69 Å². The quantitative estimate of drug-likeness (QED) is 0.844. The van der Waals surface area contributed by atoms with E-state index in [-0.39, 0.29) is 12.6 Å². The van der Waals surface area contributed by atoms with Crippen molar-refractivity contribution in [3.05, 3.63) is 42.2 Å². The third-order valence-corrected chi connectivity index (χ3v) is 2.56. The first-order valence-corrected chi connectivity index (χ1v) is 5.64. The lowest BCUT2D eigenvalue weighted by molar-refractivity contribution is 0.368. The minimum atomic E-state index is 0.0716. The highest BCUT2D eigenvalue weighted by Crippen LogP contribution is 2.20. The monoisotopic (exact) mass is 242 g/mol. The number of hydrogen-bond donors (Lipinski definition) is 2. The highest BCUT2D eigenvalue weighted by molar-refractivity contribution is 5.41. The summed E-state index contributed by atoms with van der Waals surface area (Å²) < 4.78 is 5.20. The predicted octanol–water partition coefficient (Wildman–Crippen LogP) is 2.49. The van der Waals surface area contributed by atoms with Gasteiger partial charge in [0.25, 0.3) is 0 Å². The van der Waals surface area contributed by atoms with Crippen LogP contribution in [0.15, 0.2) is 36.7 Å². The molecule has 0 aliphatic heterocycles. The van der Waals surface area contributed by atoms with Crippen molar-refractivity contribution < 1.29 is 4.74 Å². The molecule has 0 aliphatic rings. The maximum Gasteiger partial charge on any atom is 0.174 e. The van der Waals surface area contributed by atoms with Crippen LogP contribution < -0.4 is 10.1 Å². The van der Waals surface area contributed by atoms with Crippen molar-refractivity contribution in [2.75, 3.05) is 11.9 Å². The first kappa shape index (κ1) is 12.0. The van der Waals surface area contributed by atoms with Gasteiger partial charge in [-0.2, -0.15) is 10.4 Å². The molecule has 2 aromatic rings. The third-order valence-electron chi connectivity index (χ3n) is 2.56. The van der Waals surface area contributed by atoms with E-state index >= 15 is 0 Å². The van der Waals surface area contributed by atoms with Crippen LogP contribution >= 0.6 is 0 Å². The van der Waals surface area contributed by atoms with Gasteiger partial charge in [0.2, 0.25) is 0 Å². The van der Waals surface area contributed by atoms with Crippen LogP contribution in [0.3, 0.4) is 0 Å². The highest BCUT2D eigenvalue weighted by atomic mass is 16.5. The molecule has 2 N–H and O–H groups in total. The minimum Gasteiger partial charge on any atom is -0.479 e. The Morgan fingerprint density at radius 2 is 2.22 bits per heavy atom. The van der Waals surface area contributed by atoms with Crippen LogP contribution in [-0.4, -0.2) is 16.8 Å². The van der Waals surface area contributed by atoms with Gasteiger partial charge in [0.05, 0.1) is 11.9 Å². The Labute approximate surface area is 105 Å². The van der Waals surface area contributed by atoms with Crippen molar-refractivity contribution in [1.29, 1.82) is 5.26 Å². The van der Waals surface area contributed by atoms with E-state index in [0.29, 0.717) is 5.75 Å². The first-order chi connectivity index (χ1) is 8.79. The summed E-state index contributed by atoms with van der Waals surface area (Å²) in [5.74, 6) is 0.704. The Hall–Kier alpha value is -2.48. The molecule has 0 fully saturated rings. The van der Waals surface area contributed by atoms with Gasteiger partial charge in [0.1, 0.15) is 11.8 Å². The van der Waals surface area contributed by atoms with Crippen LogP contribution in [0.1, 0.15) is 18.5 Å². The summed E-state index contributed by atoms with van der Waals surface area (Å²) in [5.41, 5.74) is 2.09. The summed E-state index contributed by atoms with van der Waals surface area (Å²) in [6.45, 7) is 2.14. The van der Waals surface area contributed by atoms with Crippen LogP contribution in [-0.2, 0) is 0 Å².